The summed E-state index contributed by atoms with van der Waals surface area (Å²) < 4.78 is 7.31. The van der Waals surface area contributed by atoms with Crippen LogP contribution in [-0.4, -0.2) is 17.1 Å². The van der Waals surface area contributed by atoms with E-state index < -0.39 is 0 Å². The summed E-state index contributed by atoms with van der Waals surface area (Å²) in [5.41, 5.74) is 3.92. The lowest BCUT2D eigenvalue weighted by Gasteiger charge is -2.08. The number of rotatable bonds is 7. The molecule has 0 N–H and O–H groups in total. The molecular formula is C18H25NO2. The number of aromatic nitrogens is 1. The van der Waals surface area contributed by atoms with E-state index >= 15 is 0 Å². The van der Waals surface area contributed by atoms with Crippen molar-refractivity contribution in [3.05, 3.63) is 35.5 Å². The van der Waals surface area contributed by atoms with Crippen molar-refractivity contribution in [1.82, 2.24) is 4.57 Å². The fraction of sp³-hybridized carbons (Fsp3) is 0.500. The van der Waals surface area contributed by atoms with Crippen LogP contribution in [0.5, 0.6) is 0 Å². The molecule has 0 aliphatic carbocycles. The summed E-state index contributed by atoms with van der Waals surface area (Å²) in [4.78, 5) is 11.3. The van der Waals surface area contributed by atoms with Crippen molar-refractivity contribution in [1.29, 1.82) is 0 Å². The van der Waals surface area contributed by atoms with Gasteiger partial charge >= 0.3 is 5.97 Å². The number of carbonyl (C=O) groups is 1. The van der Waals surface area contributed by atoms with Gasteiger partial charge < -0.3 is 9.30 Å². The first-order valence-electron chi connectivity index (χ1n) is 7.84. The van der Waals surface area contributed by atoms with Gasteiger partial charge in [0.15, 0.2) is 0 Å². The number of hydrogen-bond acceptors (Lipinski definition) is 2. The molecule has 0 bridgehead atoms. The Morgan fingerprint density at radius 2 is 1.95 bits per heavy atom. The Kier molecular flexibility index (Phi) is 5.43. The smallest absolute Gasteiger partial charge is 0.305 e. The van der Waals surface area contributed by atoms with Crippen LogP contribution in [-0.2, 0) is 16.1 Å². The second-order valence-corrected chi connectivity index (χ2v) is 5.62. The summed E-state index contributed by atoms with van der Waals surface area (Å²) >= 11 is 0. The molecule has 0 radical (unpaired) electrons. The Morgan fingerprint density at radius 3 is 2.71 bits per heavy atom. The van der Waals surface area contributed by atoms with Gasteiger partial charge in [-0.1, -0.05) is 18.1 Å². The highest BCUT2D eigenvalue weighted by Crippen LogP contribution is 2.21. The molecule has 3 heteroatoms. The van der Waals surface area contributed by atoms with Crippen LogP contribution < -0.4 is 0 Å². The zero-order valence-electron chi connectivity index (χ0n) is 13.3. The van der Waals surface area contributed by atoms with E-state index in [0.29, 0.717) is 13.0 Å². The first-order chi connectivity index (χ1) is 10.1. The first kappa shape index (κ1) is 15.6. The zero-order valence-corrected chi connectivity index (χ0v) is 13.3. The molecule has 2 rings (SSSR count). The lowest BCUT2D eigenvalue weighted by atomic mass is 10.2. The molecule has 1 heterocycles. The van der Waals surface area contributed by atoms with E-state index in [2.05, 4.69) is 42.7 Å². The van der Waals surface area contributed by atoms with E-state index in [-0.39, 0.29) is 5.97 Å². The van der Waals surface area contributed by atoms with Gasteiger partial charge in [-0.3, -0.25) is 4.79 Å². The maximum Gasteiger partial charge on any atom is 0.305 e. The maximum atomic E-state index is 11.3. The maximum absolute atomic E-state index is 11.3. The van der Waals surface area contributed by atoms with E-state index in [1.807, 2.05) is 6.92 Å². The van der Waals surface area contributed by atoms with Crippen LogP contribution in [0.25, 0.3) is 10.9 Å². The lowest BCUT2D eigenvalue weighted by Crippen LogP contribution is -2.04. The van der Waals surface area contributed by atoms with Gasteiger partial charge in [-0.25, -0.2) is 0 Å². The average molecular weight is 287 g/mol. The Morgan fingerprint density at radius 1 is 1.14 bits per heavy atom. The highest BCUT2D eigenvalue weighted by Gasteiger charge is 2.06. The Balaban J connectivity index is 1.86. The second kappa shape index (κ2) is 7.30. The van der Waals surface area contributed by atoms with Gasteiger partial charge in [0, 0.05) is 29.6 Å². The van der Waals surface area contributed by atoms with Gasteiger partial charge in [-0.15, -0.1) is 0 Å². The van der Waals surface area contributed by atoms with Crippen molar-refractivity contribution >= 4 is 16.9 Å². The van der Waals surface area contributed by atoms with Crippen molar-refractivity contribution in [2.75, 3.05) is 6.61 Å². The molecule has 0 amide bonds. The number of nitrogens with zero attached hydrogens (tertiary/aromatic N) is 1. The first-order valence-corrected chi connectivity index (χ1v) is 7.84. The molecule has 0 aliphatic rings. The second-order valence-electron chi connectivity index (χ2n) is 5.62. The zero-order chi connectivity index (χ0) is 15.2. The number of hydrogen-bond donors (Lipinski definition) is 0. The molecule has 0 saturated heterocycles. The standard InChI is InChI=1S/C18H25NO2/c1-4-21-18(20)8-6-5-7-11-19-15(3)13-16-12-14(2)9-10-17(16)19/h9-10,12-13H,4-8,11H2,1-3H3. The Labute approximate surface area is 126 Å². The SMILES string of the molecule is CCOC(=O)CCCCCn1c(C)cc2cc(C)ccc21. The van der Waals surface area contributed by atoms with Crippen LogP contribution in [0.15, 0.2) is 24.3 Å². The third-order valence-electron chi connectivity index (χ3n) is 3.83. The number of fused-ring (bicyclic) bond motifs is 1. The minimum atomic E-state index is -0.0735. The predicted molar refractivity (Wildman–Crippen MR) is 86.5 cm³/mol. The van der Waals surface area contributed by atoms with E-state index in [1.165, 1.54) is 22.2 Å². The number of esters is 1. The van der Waals surface area contributed by atoms with Gasteiger partial charge in [-0.05, 0) is 51.8 Å². The quantitative estimate of drug-likeness (QED) is 0.559. The molecule has 114 valence electrons. The van der Waals surface area contributed by atoms with E-state index in [0.717, 1.165) is 25.8 Å². The summed E-state index contributed by atoms with van der Waals surface area (Å²) in [5, 5.41) is 1.32. The average Bonchev–Trinajstić information content (AvgIpc) is 2.74. The topological polar surface area (TPSA) is 31.2 Å². The molecule has 0 spiro atoms. The molecule has 0 aliphatic heterocycles. The minimum absolute atomic E-state index is 0.0735. The number of benzene rings is 1. The van der Waals surface area contributed by atoms with Crippen LogP contribution in [0.2, 0.25) is 0 Å². The van der Waals surface area contributed by atoms with E-state index in [4.69, 9.17) is 4.74 Å². The number of ether oxygens (including phenoxy) is 1. The normalized spacial score (nSPS) is 11.0. The van der Waals surface area contributed by atoms with Crippen LogP contribution in [0.3, 0.4) is 0 Å². The Hall–Kier alpha value is -1.77. The summed E-state index contributed by atoms with van der Waals surface area (Å²) in [7, 11) is 0. The number of unbranched alkanes of at least 4 members (excludes halogenated alkanes) is 2. The summed E-state index contributed by atoms with van der Waals surface area (Å²) in [6.45, 7) is 7.63. The van der Waals surface area contributed by atoms with Crippen molar-refractivity contribution in [2.45, 2.75) is 53.0 Å². The molecule has 21 heavy (non-hydrogen) atoms. The third kappa shape index (κ3) is 4.10. The Bertz CT molecular complexity index is 613. The molecule has 0 unspecified atom stereocenters. The monoisotopic (exact) mass is 287 g/mol. The molecule has 0 saturated carbocycles. The third-order valence-corrected chi connectivity index (χ3v) is 3.83. The molecule has 1 aromatic carbocycles. The summed E-state index contributed by atoms with van der Waals surface area (Å²) in [6, 6.07) is 8.86. The molecule has 3 nitrogen and oxygen atoms in total. The van der Waals surface area contributed by atoms with Gasteiger partial charge in [-0.2, -0.15) is 0 Å². The van der Waals surface area contributed by atoms with Crippen LogP contribution in [0.4, 0.5) is 0 Å². The van der Waals surface area contributed by atoms with Crippen molar-refractivity contribution in [3.8, 4) is 0 Å². The number of aryl methyl sites for hydroxylation is 3. The fourth-order valence-electron chi connectivity index (χ4n) is 2.77. The lowest BCUT2D eigenvalue weighted by molar-refractivity contribution is -0.143. The highest BCUT2D eigenvalue weighted by molar-refractivity contribution is 5.82. The van der Waals surface area contributed by atoms with Crippen molar-refractivity contribution in [3.63, 3.8) is 0 Å². The fourth-order valence-corrected chi connectivity index (χ4v) is 2.77. The van der Waals surface area contributed by atoms with Crippen molar-refractivity contribution < 1.29 is 9.53 Å². The minimum Gasteiger partial charge on any atom is -0.466 e. The van der Waals surface area contributed by atoms with Gasteiger partial charge in [0.2, 0.25) is 0 Å². The van der Waals surface area contributed by atoms with E-state index in [9.17, 15) is 4.79 Å². The summed E-state index contributed by atoms with van der Waals surface area (Å²) in [5.74, 6) is -0.0735. The molecule has 0 atom stereocenters. The predicted octanol–water partition coefficient (Wildman–Crippen LogP) is 4.38. The van der Waals surface area contributed by atoms with Gasteiger partial charge in [0.05, 0.1) is 6.61 Å². The largest absolute Gasteiger partial charge is 0.466 e. The van der Waals surface area contributed by atoms with E-state index in [1.54, 1.807) is 0 Å². The van der Waals surface area contributed by atoms with Gasteiger partial charge in [0.25, 0.3) is 0 Å². The van der Waals surface area contributed by atoms with Crippen LogP contribution >= 0.6 is 0 Å². The van der Waals surface area contributed by atoms with Crippen molar-refractivity contribution in [2.24, 2.45) is 0 Å². The van der Waals surface area contributed by atoms with Crippen LogP contribution in [0, 0.1) is 13.8 Å². The van der Waals surface area contributed by atoms with Gasteiger partial charge in [0.1, 0.15) is 0 Å². The molecule has 2 aromatic rings. The molecule has 1 aromatic heterocycles. The summed E-state index contributed by atoms with van der Waals surface area (Å²) in [6.07, 6.45) is 3.61. The number of carbonyl (C=O) groups excluding carboxylic acids is 1. The molecule has 0 fully saturated rings. The highest BCUT2D eigenvalue weighted by atomic mass is 16.5. The molecular weight excluding hydrogens is 262 g/mol. The van der Waals surface area contributed by atoms with Crippen LogP contribution in [0.1, 0.15) is 43.9 Å².